The van der Waals surface area contributed by atoms with Crippen LogP contribution >= 0.6 is 0 Å². The molecule has 3 heterocycles. The predicted molar refractivity (Wildman–Crippen MR) is 117 cm³/mol. The van der Waals surface area contributed by atoms with Gasteiger partial charge >= 0.3 is 0 Å². The maximum Gasteiger partial charge on any atom is 0.287 e. The molecule has 7 nitrogen and oxygen atoms in total. The van der Waals surface area contributed by atoms with Gasteiger partial charge in [-0.2, -0.15) is 0 Å². The van der Waals surface area contributed by atoms with E-state index in [4.69, 9.17) is 9.83 Å². The van der Waals surface area contributed by atoms with Crippen LogP contribution in [-0.2, 0) is 6.54 Å². The van der Waals surface area contributed by atoms with Gasteiger partial charge in [0.05, 0.1) is 12.6 Å². The fraction of sp³-hybridized carbons (Fsp3) is 0.292. The molecule has 0 bridgehead atoms. The molecule has 3 aromatic rings. The van der Waals surface area contributed by atoms with Gasteiger partial charge in [0.25, 0.3) is 5.91 Å². The molecule has 1 atom stereocenters. The van der Waals surface area contributed by atoms with E-state index >= 15 is 0 Å². The Labute approximate surface area is 181 Å². The third kappa shape index (κ3) is 5.19. The smallest absolute Gasteiger partial charge is 0.287 e. The number of phenols is 1. The summed E-state index contributed by atoms with van der Waals surface area (Å²) in [7, 11) is 0. The first-order chi connectivity index (χ1) is 15.1. The topological polar surface area (TPSA) is 102 Å². The molecule has 1 aliphatic heterocycles. The summed E-state index contributed by atoms with van der Waals surface area (Å²) in [6.45, 7) is 2.80. The maximum absolute atomic E-state index is 12.9. The second-order valence-electron chi connectivity index (χ2n) is 7.76. The van der Waals surface area contributed by atoms with Crippen molar-refractivity contribution < 1.29 is 14.3 Å². The SMILES string of the molecule is N=C(CC(NC(=O)c1ccc(CN2CCCC2)o1)c1ccccc1O)c1cccnc1. The molecule has 1 amide bonds. The zero-order valence-electron chi connectivity index (χ0n) is 17.3. The molecule has 0 spiro atoms. The molecular weight excluding hydrogens is 392 g/mol. The summed E-state index contributed by atoms with van der Waals surface area (Å²) in [4.78, 5) is 19.3. The van der Waals surface area contributed by atoms with Crippen molar-refractivity contribution in [2.45, 2.75) is 31.8 Å². The Hall–Kier alpha value is -3.45. The molecule has 0 radical (unpaired) electrons. The van der Waals surface area contributed by atoms with Crippen LogP contribution in [0.2, 0.25) is 0 Å². The fourth-order valence-electron chi connectivity index (χ4n) is 3.86. The number of carbonyl (C=O) groups is 1. The second-order valence-corrected chi connectivity index (χ2v) is 7.76. The van der Waals surface area contributed by atoms with Crippen LogP contribution < -0.4 is 5.32 Å². The minimum atomic E-state index is -0.589. The molecule has 1 saturated heterocycles. The number of likely N-dealkylation sites (tertiary alicyclic amines) is 1. The van der Waals surface area contributed by atoms with Crippen molar-refractivity contribution >= 4 is 11.6 Å². The highest BCUT2D eigenvalue weighted by molar-refractivity contribution is 5.99. The van der Waals surface area contributed by atoms with Gasteiger partial charge < -0.3 is 20.2 Å². The lowest BCUT2D eigenvalue weighted by atomic mass is 9.97. The number of carbonyl (C=O) groups excluding carboxylic acids is 1. The summed E-state index contributed by atoms with van der Waals surface area (Å²) in [6, 6.07) is 13.3. The second kappa shape index (κ2) is 9.57. The molecule has 4 rings (SSSR count). The average Bonchev–Trinajstić information content (AvgIpc) is 3.47. The Morgan fingerprint density at radius 3 is 2.71 bits per heavy atom. The summed E-state index contributed by atoms with van der Waals surface area (Å²) in [5, 5.41) is 21.7. The van der Waals surface area contributed by atoms with E-state index in [1.54, 1.807) is 54.9 Å². The number of rotatable bonds is 8. The summed E-state index contributed by atoms with van der Waals surface area (Å²) in [6.07, 6.45) is 5.85. The Balaban J connectivity index is 1.50. The molecular formula is C24H26N4O3. The van der Waals surface area contributed by atoms with Gasteiger partial charge in [0.15, 0.2) is 5.76 Å². The van der Waals surface area contributed by atoms with Gasteiger partial charge in [-0.1, -0.05) is 24.3 Å². The lowest BCUT2D eigenvalue weighted by Gasteiger charge is -2.20. The molecule has 160 valence electrons. The summed E-state index contributed by atoms with van der Waals surface area (Å²) >= 11 is 0. The van der Waals surface area contributed by atoms with Crippen molar-refractivity contribution in [1.82, 2.24) is 15.2 Å². The molecule has 1 fully saturated rings. The summed E-state index contributed by atoms with van der Waals surface area (Å²) < 4.78 is 5.78. The third-order valence-corrected chi connectivity index (χ3v) is 5.50. The molecule has 0 aliphatic carbocycles. The molecule has 7 heteroatoms. The maximum atomic E-state index is 12.9. The molecule has 3 N–H and O–H groups in total. The number of para-hydroxylation sites is 1. The number of furan rings is 1. The van der Waals surface area contributed by atoms with Crippen LogP contribution in [-0.4, -0.2) is 39.7 Å². The number of nitrogens with one attached hydrogen (secondary N) is 2. The van der Waals surface area contributed by atoms with E-state index < -0.39 is 6.04 Å². The average molecular weight is 418 g/mol. The first-order valence-electron chi connectivity index (χ1n) is 10.5. The van der Waals surface area contributed by atoms with Crippen LogP contribution in [0.4, 0.5) is 0 Å². The highest BCUT2D eigenvalue weighted by atomic mass is 16.4. The molecule has 2 aromatic heterocycles. The number of nitrogens with zero attached hydrogens (tertiary/aromatic N) is 2. The van der Waals surface area contributed by atoms with E-state index in [1.165, 1.54) is 12.8 Å². The van der Waals surface area contributed by atoms with E-state index in [9.17, 15) is 9.90 Å². The predicted octanol–water partition coefficient (Wildman–Crippen LogP) is 3.91. The van der Waals surface area contributed by atoms with E-state index in [1.807, 2.05) is 6.07 Å². The minimum absolute atomic E-state index is 0.0703. The molecule has 1 aliphatic rings. The number of hydrogen-bond acceptors (Lipinski definition) is 6. The zero-order valence-corrected chi connectivity index (χ0v) is 17.3. The minimum Gasteiger partial charge on any atom is -0.508 e. The van der Waals surface area contributed by atoms with Gasteiger partial charge in [0.2, 0.25) is 0 Å². The Bertz CT molecular complexity index is 1040. The van der Waals surface area contributed by atoms with Crippen molar-refractivity contribution in [3.05, 3.63) is 83.6 Å². The van der Waals surface area contributed by atoms with Gasteiger partial charge in [-0.15, -0.1) is 0 Å². The van der Waals surface area contributed by atoms with E-state index in [2.05, 4.69) is 15.2 Å². The molecule has 1 aromatic carbocycles. The molecule has 31 heavy (non-hydrogen) atoms. The largest absolute Gasteiger partial charge is 0.508 e. The zero-order chi connectivity index (χ0) is 21.6. The quantitative estimate of drug-likeness (QED) is 0.482. The number of hydrogen-bond donors (Lipinski definition) is 3. The number of aromatic nitrogens is 1. The summed E-state index contributed by atoms with van der Waals surface area (Å²) in [5.74, 6) is 0.678. The fourth-order valence-corrected chi connectivity index (χ4v) is 3.86. The number of pyridine rings is 1. The monoisotopic (exact) mass is 418 g/mol. The summed E-state index contributed by atoms with van der Waals surface area (Å²) in [5.41, 5.74) is 1.53. The van der Waals surface area contributed by atoms with E-state index in [-0.39, 0.29) is 23.8 Å². The third-order valence-electron chi connectivity index (χ3n) is 5.50. The van der Waals surface area contributed by atoms with Crippen molar-refractivity contribution in [3.63, 3.8) is 0 Å². The Kier molecular flexibility index (Phi) is 6.43. The Morgan fingerprint density at radius 1 is 1.16 bits per heavy atom. The van der Waals surface area contributed by atoms with Gasteiger partial charge in [-0.25, -0.2) is 0 Å². The number of amides is 1. The van der Waals surface area contributed by atoms with Crippen LogP contribution in [0.3, 0.4) is 0 Å². The van der Waals surface area contributed by atoms with E-state index in [0.29, 0.717) is 23.4 Å². The van der Waals surface area contributed by atoms with Gasteiger partial charge in [0, 0.05) is 35.7 Å². The lowest BCUT2D eigenvalue weighted by Crippen LogP contribution is -2.30. The molecule has 1 unspecified atom stereocenters. The highest BCUT2D eigenvalue weighted by Crippen LogP contribution is 2.28. The van der Waals surface area contributed by atoms with Crippen molar-refractivity contribution in [2.75, 3.05) is 13.1 Å². The van der Waals surface area contributed by atoms with Gasteiger partial charge in [-0.05, 0) is 50.2 Å². The molecule has 0 saturated carbocycles. The van der Waals surface area contributed by atoms with Crippen LogP contribution in [0.15, 0.2) is 65.3 Å². The van der Waals surface area contributed by atoms with Crippen LogP contribution in [0.25, 0.3) is 0 Å². The van der Waals surface area contributed by atoms with Crippen molar-refractivity contribution in [2.24, 2.45) is 0 Å². The normalized spacial score (nSPS) is 15.0. The van der Waals surface area contributed by atoms with Crippen molar-refractivity contribution in [3.8, 4) is 5.75 Å². The van der Waals surface area contributed by atoms with Crippen LogP contribution in [0.1, 0.15) is 52.7 Å². The number of aromatic hydroxyl groups is 1. The lowest BCUT2D eigenvalue weighted by molar-refractivity contribution is 0.0906. The van der Waals surface area contributed by atoms with Crippen LogP contribution in [0, 0.1) is 5.41 Å². The van der Waals surface area contributed by atoms with Crippen LogP contribution in [0.5, 0.6) is 5.75 Å². The Morgan fingerprint density at radius 2 is 1.97 bits per heavy atom. The first-order valence-corrected chi connectivity index (χ1v) is 10.5. The number of benzene rings is 1. The van der Waals surface area contributed by atoms with Gasteiger partial charge in [-0.3, -0.25) is 14.7 Å². The van der Waals surface area contributed by atoms with E-state index in [0.717, 1.165) is 18.8 Å². The van der Waals surface area contributed by atoms with Crippen molar-refractivity contribution in [1.29, 1.82) is 5.41 Å². The number of phenolic OH excluding ortho intramolecular Hbond substituents is 1. The van der Waals surface area contributed by atoms with Gasteiger partial charge in [0.1, 0.15) is 11.5 Å². The first kappa shape index (κ1) is 20.8. The highest BCUT2D eigenvalue weighted by Gasteiger charge is 2.23. The standard InChI is InChI=1S/C24H26N4O3/c25-20(17-6-5-11-26-15-17)14-21(19-7-1-2-8-22(19)29)27-24(30)23-10-9-18(31-23)16-28-12-3-4-13-28/h1-2,5-11,15,21,25,29H,3-4,12-14,16H2,(H,27,30).